The van der Waals surface area contributed by atoms with Crippen molar-refractivity contribution in [1.82, 2.24) is 20.1 Å². The molecule has 2 saturated heterocycles. The summed E-state index contributed by atoms with van der Waals surface area (Å²) < 4.78 is 37.0. The summed E-state index contributed by atoms with van der Waals surface area (Å²) in [4.78, 5) is 36.9. The molecule has 0 aliphatic carbocycles. The zero-order chi connectivity index (χ0) is 42.0. The third kappa shape index (κ3) is 5.60. The maximum Gasteiger partial charge on any atom is 0.514 e. The third-order valence-electron chi connectivity index (χ3n) is 13.4. The predicted octanol–water partition coefficient (Wildman–Crippen LogP) is 6.19. The quantitative estimate of drug-likeness (QED) is 0.155. The summed E-state index contributed by atoms with van der Waals surface area (Å²) in [5.41, 5.74) is 5.19. The van der Waals surface area contributed by atoms with Gasteiger partial charge in [0, 0.05) is 63.2 Å². The molecule has 0 radical (unpaired) electrons. The molecule has 2 fully saturated rings. The van der Waals surface area contributed by atoms with E-state index < -0.39 is 46.7 Å². The molecule has 0 amide bonds. The number of nitrogens with zero attached hydrogens (tertiary/aromatic N) is 3. The zero-order valence-electron chi connectivity index (χ0n) is 34.8. The number of aromatic amines is 1. The summed E-state index contributed by atoms with van der Waals surface area (Å²) >= 11 is 1.56. The number of aromatic hydroxyl groups is 1. The van der Waals surface area contributed by atoms with Crippen molar-refractivity contribution >= 4 is 34.6 Å². The molecule has 314 valence electrons. The first-order valence-electron chi connectivity index (χ1n) is 20.5. The molecule has 4 bridgehead atoms. The van der Waals surface area contributed by atoms with E-state index in [1.165, 1.54) is 0 Å². The number of Topliss-reactive ketones (excluding diaryl/α,β-unsaturated/α-hetero) is 1. The number of nitriles is 1. The number of methoxy groups -OCH3 is 1. The average Bonchev–Trinajstić information content (AvgIpc) is 3.84. The molecule has 3 aromatic carbocycles. The van der Waals surface area contributed by atoms with E-state index in [0.29, 0.717) is 46.9 Å². The average molecular weight is 836 g/mol. The number of phenolic OH excluding ortho intramolecular Hbond substituents is 1. The van der Waals surface area contributed by atoms with Gasteiger partial charge < -0.3 is 38.5 Å². The highest BCUT2D eigenvalue weighted by Gasteiger charge is 2.61. The fourth-order valence-corrected chi connectivity index (χ4v) is 12.7. The second-order valence-corrected chi connectivity index (χ2v) is 18.9. The van der Waals surface area contributed by atoms with Gasteiger partial charge in [0.05, 0.1) is 37.1 Å². The van der Waals surface area contributed by atoms with Crippen molar-refractivity contribution in [2.24, 2.45) is 0 Å². The molecule has 7 aliphatic heterocycles. The molecule has 14 nitrogen and oxygen atoms in total. The smallest absolute Gasteiger partial charge is 0.504 e. The van der Waals surface area contributed by atoms with Crippen LogP contribution in [0.2, 0.25) is 0 Å². The highest BCUT2D eigenvalue weighted by Crippen LogP contribution is 2.64. The maximum atomic E-state index is 15.0. The number of ether oxygens (including phenoxy) is 6. The van der Waals surface area contributed by atoms with E-state index >= 15 is 0 Å². The van der Waals surface area contributed by atoms with Crippen LogP contribution in [-0.4, -0.2) is 102 Å². The molecular formula is C45H49N5O9S. The van der Waals surface area contributed by atoms with Crippen molar-refractivity contribution in [1.29, 1.82) is 5.26 Å². The minimum Gasteiger partial charge on any atom is -0.504 e. The number of carbonyl (C=O) groups is 2. The fraction of sp³-hybridized carbons (Fsp3) is 0.489. The lowest BCUT2D eigenvalue weighted by Gasteiger charge is -2.61. The van der Waals surface area contributed by atoms with Gasteiger partial charge in [-0.1, -0.05) is 24.3 Å². The summed E-state index contributed by atoms with van der Waals surface area (Å²) in [5, 5.41) is 27.7. The van der Waals surface area contributed by atoms with E-state index in [-0.39, 0.29) is 49.1 Å². The number of nitrogens with one attached hydrogen (secondary N) is 2. The van der Waals surface area contributed by atoms with E-state index in [9.17, 15) is 20.0 Å². The van der Waals surface area contributed by atoms with Gasteiger partial charge in [0.25, 0.3) is 0 Å². The number of carbonyl (C=O) groups excluding carboxylic acids is 2. The topological polar surface area (TPSA) is 168 Å². The van der Waals surface area contributed by atoms with Crippen molar-refractivity contribution < 1.29 is 43.1 Å². The number of piperazine rings is 1. The van der Waals surface area contributed by atoms with Gasteiger partial charge in [0.2, 0.25) is 6.79 Å². The van der Waals surface area contributed by atoms with Gasteiger partial charge in [-0.05, 0) is 77.3 Å². The molecule has 1 unspecified atom stereocenters. The zero-order valence-corrected chi connectivity index (χ0v) is 35.6. The van der Waals surface area contributed by atoms with Crippen LogP contribution in [0.25, 0.3) is 10.9 Å². The van der Waals surface area contributed by atoms with Crippen molar-refractivity contribution in [3.8, 4) is 34.8 Å². The molecule has 7 aliphatic rings. The van der Waals surface area contributed by atoms with Crippen LogP contribution in [0.3, 0.4) is 0 Å². The summed E-state index contributed by atoms with van der Waals surface area (Å²) in [7, 11) is 3.57. The minimum absolute atomic E-state index is 0.00436. The van der Waals surface area contributed by atoms with Gasteiger partial charge >= 0.3 is 6.16 Å². The van der Waals surface area contributed by atoms with Crippen molar-refractivity contribution in [3.63, 3.8) is 0 Å². The van der Waals surface area contributed by atoms with Crippen LogP contribution in [0.15, 0.2) is 30.3 Å². The molecule has 60 heavy (non-hydrogen) atoms. The van der Waals surface area contributed by atoms with Crippen molar-refractivity contribution in [2.75, 3.05) is 46.5 Å². The number of likely N-dealkylation sites (N-methyl/N-ethyl adjacent to an activating group) is 1. The predicted molar refractivity (Wildman–Crippen MR) is 222 cm³/mol. The Labute approximate surface area is 352 Å². The molecular weight excluding hydrogens is 787 g/mol. The van der Waals surface area contributed by atoms with Gasteiger partial charge in [-0.15, -0.1) is 11.8 Å². The van der Waals surface area contributed by atoms with Crippen LogP contribution in [0, 0.1) is 25.2 Å². The molecule has 11 rings (SSSR count). The van der Waals surface area contributed by atoms with Crippen molar-refractivity contribution in [3.05, 3.63) is 75.0 Å². The minimum atomic E-state index is -1.19. The summed E-state index contributed by atoms with van der Waals surface area (Å²) in [6.45, 7) is 9.40. The lowest BCUT2D eigenvalue weighted by Crippen LogP contribution is -2.69. The Bertz CT molecular complexity index is 2530. The van der Waals surface area contributed by atoms with Crippen LogP contribution >= 0.6 is 11.8 Å². The number of ketones is 1. The SMILES string of the molecule is COc1c(C)cc2c(c1O)[C@H]1C3[C@@H]4SC[C@]5(NCCc6c5[nH]c5ccccc65)C(=O)COC[C@H](c5c6c(c(C)c(OC(=O)OC(C)(C)C)c54)OCO6)N3[C@@H](C#N)[C@H](C2)N1C. The molecule has 3 N–H and O–H groups in total. The number of benzene rings is 3. The third-order valence-corrected chi connectivity index (χ3v) is 14.9. The number of thioether (sulfide) groups is 1. The number of aromatic nitrogens is 1. The number of hydrogen-bond donors (Lipinski definition) is 3. The normalized spacial score (nSPS) is 28.3. The Balaban J connectivity index is 1.25. The monoisotopic (exact) mass is 835 g/mol. The summed E-state index contributed by atoms with van der Waals surface area (Å²) in [6, 6.07) is 10.3. The fourth-order valence-electron chi connectivity index (χ4n) is 11.0. The van der Waals surface area contributed by atoms with Crippen LogP contribution in [0.1, 0.15) is 82.7 Å². The molecule has 15 heteroatoms. The molecule has 4 aromatic rings. The van der Waals surface area contributed by atoms with Gasteiger partial charge in [-0.3, -0.25) is 19.9 Å². The maximum absolute atomic E-state index is 15.0. The Morgan fingerprint density at radius 3 is 2.67 bits per heavy atom. The summed E-state index contributed by atoms with van der Waals surface area (Å²) in [5.74, 6) is 1.78. The van der Waals surface area contributed by atoms with Gasteiger partial charge in [0.1, 0.15) is 29.5 Å². The van der Waals surface area contributed by atoms with E-state index in [0.717, 1.165) is 45.3 Å². The second-order valence-electron chi connectivity index (χ2n) is 17.7. The summed E-state index contributed by atoms with van der Waals surface area (Å²) in [6.07, 6.45) is 0.361. The first-order chi connectivity index (χ1) is 28.8. The Morgan fingerprint density at radius 1 is 1.12 bits per heavy atom. The van der Waals surface area contributed by atoms with E-state index in [4.69, 9.17) is 28.4 Å². The lowest BCUT2D eigenvalue weighted by atomic mass is 9.71. The molecule has 0 saturated carbocycles. The number of para-hydroxylation sites is 1. The number of phenols is 1. The molecule has 7 atom stereocenters. The number of hydrogen-bond acceptors (Lipinski definition) is 14. The highest BCUT2D eigenvalue weighted by atomic mass is 32.2. The number of aryl methyl sites for hydroxylation is 1. The number of H-pyrrole nitrogens is 1. The van der Waals surface area contributed by atoms with Crippen LogP contribution in [0.5, 0.6) is 28.7 Å². The largest absolute Gasteiger partial charge is 0.514 e. The van der Waals surface area contributed by atoms with Gasteiger partial charge in [-0.25, -0.2) is 4.79 Å². The Kier molecular flexibility index (Phi) is 9.16. The van der Waals surface area contributed by atoms with E-state index in [2.05, 4.69) is 38.3 Å². The van der Waals surface area contributed by atoms with Crippen LogP contribution in [0.4, 0.5) is 4.79 Å². The highest BCUT2D eigenvalue weighted by molar-refractivity contribution is 7.99. The number of fused-ring (bicyclic) bond motifs is 12. The van der Waals surface area contributed by atoms with E-state index in [1.807, 2.05) is 39.1 Å². The number of rotatable bonds is 2. The Hall–Kier alpha value is -4.98. The van der Waals surface area contributed by atoms with Gasteiger partial charge in [-0.2, -0.15) is 5.26 Å². The molecule has 1 spiro atoms. The Morgan fingerprint density at radius 2 is 1.90 bits per heavy atom. The van der Waals surface area contributed by atoms with Crippen LogP contribution < -0.4 is 24.3 Å². The second kappa shape index (κ2) is 14.0. The van der Waals surface area contributed by atoms with Crippen molar-refractivity contribution in [2.45, 2.75) is 94.1 Å². The van der Waals surface area contributed by atoms with E-state index in [1.54, 1.807) is 39.6 Å². The molecule has 8 heterocycles. The van der Waals surface area contributed by atoms with Gasteiger partial charge in [0.15, 0.2) is 28.8 Å². The lowest BCUT2D eigenvalue weighted by molar-refractivity contribution is -0.132. The molecule has 1 aromatic heterocycles. The first-order valence-corrected chi connectivity index (χ1v) is 21.6. The first kappa shape index (κ1) is 39.2. The standard InChI is InChI=1S/C45H49N5O9S/c1-21-14-23-15-27-28(16-46)50-29-17-55-18-30(51)45(42-25(12-13-47-45)24-10-8-9-11-26(24)48-42)19-60-41(35(50)34(49(27)6)31(23)36(52)37(21)54-7)33-32(29)40-39(56-20-57-40)22(2)38(33)58-43(53)59-44(3,4)5/h8-11,14,27-29,34-35,41,47-48,52H,12-13,15,17-20H2,1-7H3/t27-,28-,29+,34-,35?,41+,45-/m0/s1. The van der Waals surface area contributed by atoms with Crippen LogP contribution in [-0.2, 0) is 32.6 Å².